The molecular weight excluding hydrogens is 354 g/mol. The summed E-state index contributed by atoms with van der Waals surface area (Å²) in [4.78, 5) is 14.5. The van der Waals surface area contributed by atoms with Crippen molar-refractivity contribution in [2.75, 3.05) is 38.0 Å². The van der Waals surface area contributed by atoms with Gasteiger partial charge in [-0.3, -0.25) is 14.4 Å². The van der Waals surface area contributed by atoms with Gasteiger partial charge in [-0.2, -0.15) is 9.40 Å². The van der Waals surface area contributed by atoms with Crippen molar-refractivity contribution in [1.29, 1.82) is 0 Å². The normalized spacial score (nSPS) is 16.5. The number of benzene rings is 1. The lowest BCUT2D eigenvalue weighted by Gasteiger charge is -2.33. The van der Waals surface area contributed by atoms with E-state index in [0.29, 0.717) is 36.9 Å². The third-order valence-corrected chi connectivity index (χ3v) is 6.26. The number of aryl methyl sites for hydroxylation is 2. The molecule has 0 spiro atoms. The summed E-state index contributed by atoms with van der Waals surface area (Å²) >= 11 is 0. The molecule has 0 saturated carbocycles. The molecule has 1 aliphatic rings. The Morgan fingerprint density at radius 1 is 1.15 bits per heavy atom. The highest BCUT2D eigenvalue weighted by Gasteiger charge is 2.28. The van der Waals surface area contributed by atoms with Gasteiger partial charge in [-0.1, -0.05) is 18.2 Å². The predicted octanol–water partition coefficient (Wildman–Crippen LogP) is 0.674. The van der Waals surface area contributed by atoms with E-state index in [0.717, 1.165) is 5.69 Å². The second kappa shape index (κ2) is 7.56. The van der Waals surface area contributed by atoms with Crippen molar-refractivity contribution >= 4 is 21.7 Å². The summed E-state index contributed by atoms with van der Waals surface area (Å²) in [5.41, 5.74) is 0.836. The van der Waals surface area contributed by atoms with Crippen LogP contribution in [0.1, 0.15) is 5.69 Å². The zero-order valence-electron chi connectivity index (χ0n) is 14.9. The number of aromatic nitrogens is 2. The maximum Gasteiger partial charge on any atom is 0.243 e. The Bertz CT molecular complexity index is 871. The van der Waals surface area contributed by atoms with Gasteiger partial charge in [0.1, 0.15) is 5.82 Å². The van der Waals surface area contributed by atoms with Crippen LogP contribution in [0.4, 0.5) is 5.82 Å². The molecule has 1 aromatic heterocycles. The molecule has 2 aromatic rings. The first-order chi connectivity index (χ1) is 12.4. The van der Waals surface area contributed by atoms with Crippen LogP contribution in [-0.2, 0) is 21.9 Å². The third kappa shape index (κ3) is 4.12. The van der Waals surface area contributed by atoms with Crippen molar-refractivity contribution in [3.63, 3.8) is 0 Å². The number of carbonyl (C=O) groups is 1. The number of rotatable bonds is 5. The molecule has 1 N–H and O–H groups in total. The fourth-order valence-electron chi connectivity index (χ4n) is 2.98. The molecule has 9 heteroatoms. The maximum absolute atomic E-state index is 12.6. The van der Waals surface area contributed by atoms with Gasteiger partial charge in [0.25, 0.3) is 0 Å². The average Bonchev–Trinajstić information content (AvgIpc) is 2.93. The fourth-order valence-corrected chi connectivity index (χ4v) is 4.43. The minimum absolute atomic E-state index is 0.132. The summed E-state index contributed by atoms with van der Waals surface area (Å²) in [7, 11) is -1.70. The number of sulfonamides is 1. The van der Waals surface area contributed by atoms with E-state index in [1.807, 2.05) is 17.9 Å². The van der Waals surface area contributed by atoms with Crippen molar-refractivity contribution in [3.05, 3.63) is 42.1 Å². The highest BCUT2D eigenvalue weighted by molar-refractivity contribution is 7.89. The fraction of sp³-hybridized carbons (Fsp3) is 0.412. The lowest BCUT2D eigenvalue weighted by atomic mass is 10.3. The standard InChI is InChI=1S/C17H23N5O3S/c1-14-12-16(20(2)19-14)18-17(23)13-21-8-10-22(11-9-21)26(24,25)15-6-4-3-5-7-15/h3-7,12H,8-11,13H2,1-2H3,(H,18,23). The Morgan fingerprint density at radius 3 is 2.38 bits per heavy atom. The van der Waals surface area contributed by atoms with Gasteiger partial charge >= 0.3 is 0 Å². The topological polar surface area (TPSA) is 87.5 Å². The Hall–Kier alpha value is -2.23. The number of nitrogens with zero attached hydrogens (tertiary/aromatic N) is 4. The molecule has 26 heavy (non-hydrogen) atoms. The highest BCUT2D eigenvalue weighted by atomic mass is 32.2. The number of carbonyl (C=O) groups excluding carboxylic acids is 1. The van der Waals surface area contributed by atoms with Crippen LogP contribution in [0.5, 0.6) is 0 Å². The molecule has 2 heterocycles. The predicted molar refractivity (Wildman–Crippen MR) is 98.2 cm³/mol. The Balaban J connectivity index is 1.54. The van der Waals surface area contributed by atoms with Crippen LogP contribution in [0.3, 0.4) is 0 Å². The Labute approximate surface area is 153 Å². The first kappa shape index (κ1) is 18.6. The van der Waals surface area contributed by atoms with Crippen LogP contribution in [0.25, 0.3) is 0 Å². The number of piperazine rings is 1. The van der Waals surface area contributed by atoms with E-state index in [4.69, 9.17) is 0 Å². The largest absolute Gasteiger partial charge is 0.310 e. The molecule has 0 aliphatic carbocycles. The number of hydrogen-bond acceptors (Lipinski definition) is 5. The molecule has 0 unspecified atom stereocenters. The van der Waals surface area contributed by atoms with Crippen molar-refractivity contribution in [2.24, 2.45) is 7.05 Å². The molecule has 1 fully saturated rings. The van der Waals surface area contributed by atoms with Gasteiger partial charge in [0.05, 0.1) is 17.1 Å². The summed E-state index contributed by atoms with van der Waals surface area (Å²) in [6.07, 6.45) is 0. The summed E-state index contributed by atoms with van der Waals surface area (Å²) in [5.74, 6) is 0.519. The summed E-state index contributed by atoms with van der Waals surface area (Å²) in [5, 5.41) is 7.03. The minimum atomic E-state index is -3.47. The molecule has 1 saturated heterocycles. The maximum atomic E-state index is 12.6. The van der Waals surface area contributed by atoms with E-state index in [-0.39, 0.29) is 12.5 Å². The SMILES string of the molecule is Cc1cc(NC(=O)CN2CCN(S(=O)(=O)c3ccccc3)CC2)n(C)n1. The summed E-state index contributed by atoms with van der Waals surface area (Å²) in [6.45, 7) is 3.87. The minimum Gasteiger partial charge on any atom is -0.310 e. The average molecular weight is 377 g/mol. The van der Waals surface area contributed by atoms with Crippen molar-refractivity contribution < 1.29 is 13.2 Å². The molecule has 0 bridgehead atoms. The lowest BCUT2D eigenvalue weighted by molar-refractivity contribution is -0.117. The zero-order valence-corrected chi connectivity index (χ0v) is 15.7. The Morgan fingerprint density at radius 2 is 1.81 bits per heavy atom. The van der Waals surface area contributed by atoms with Crippen LogP contribution >= 0.6 is 0 Å². The van der Waals surface area contributed by atoms with Gasteiger partial charge in [-0.25, -0.2) is 8.42 Å². The Kier molecular flexibility index (Phi) is 5.40. The molecule has 0 atom stereocenters. The van der Waals surface area contributed by atoms with E-state index in [2.05, 4.69) is 10.4 Å². The molecular formula is C17H23N5O3S. The van der Waals surface area contributed by atoms with Crippen LogP contribution in [0.2, 0.25) is 0 Å². The molecule has 140 valence electrons. The molecule has 3 rings (SSSR count). The van der Waals surface area contributed by atoms with Crippen LogP contribution in [0, 0.1) is 6.92 Å². The second-order valence-electron chi connectivity index (χ2n) is 6.34. The van der Waals surface area contributed by atoms with E-state index in [9.17, 15) is 13.2 Å². The first-order valence-electron chi connectivity index (χ1n) is 8.44. The number of anilines is 1. The first-order valence-corrected chi connectivity index (χ1v) is 9.88. The summed E-state index contributed by atoms with van der Waals surface area (Å²) in [6, 6.07) is 10.2. The zero-order chi connectivity index (χ0) is 18.7. The molecule has 0 radical (unpaired) electrons. The molecule has 1 aliphatic heterocycles. The number of hydrogen-bond donors (Lipinski definition) is 1. The molecule has 1 amide bonds. The highest BCUT2D eigenvalue weighted by Crippen LogP contribution is 2.17. The van der Waals surface area contributed by atoms with Crippen LogP contribution < -0.4 is 5.32 Å². The van der Waals surface area contributed by atoms with Gasteiger partial charge in [-0.15, -0.1) is 0 Å². The van der Waals surface area contributed by atoms with E-state index in [1.165, 1.54) is 4.31 Å². The lowest BCUT2D eigenvalue weighted by Crippen LogP contribution is -2.50. The smallest absolute Gasteiger partial charge is 0.243 e. The van der Waals surface area contributed by atoms with Crippen molar-refractivity contribution in [2.45, 2.75) is 11.8 Å². The van der Waals surface area contributed by atoms with Crippen molar-refractivity contribution in [1.82, 2.24) is 19.0 Å². The second-order valence-corrected chi connectivity index (χ2v) is 8.27. The van der Waals surface area contributed by atoms with Gasteiger partial charge < -0.3 is 5.32 Å². The van der Waals surface area contributed by atoms with E-state index >= 15 is 0 Å². The summed E-state index contributed by atoms with van der Waals surface area (Å²) < 4.78 is 28.3. The molecule has 1 aromatic carbocycles. The van der Waals surface area contributed by atoms with Gasteiger partial charge in [-0.05, 0) is 19.1 Å². The van der Waals surface area contributed by atoms with Crippen LogP contribution in [0.15, 0.2) is 41.3 Å². The van der Waals surface area contributed by atoms with Crippen molar-refractivity contribution in [3.8, 4) is 0 Å². The van der Waals surface area contributed by atoms with Gasteiger partial charge in [0.15, 0.2) is 0 Å². The van der Waals surface area contributed by atoms with Gasteiger partial charge in [0.2, 0.25) is 15.9 Å². The number of amides is 1. The molecule has 8 nitrogen and oxygen atoms in total. The third-order valence-electron chi connectivity index (χ3n) is 4.35. The quantitative estimate of drug-likeness (QED) is 0.828. The van der Waals surface area contributed by atoms with E-state index in [1.54, 1.807) is 42.1 Å². The number of nitrogens with one attached hydrogen (secondary N) is 1. The van der Waals surface area contributed by atoms with E-state index < -0.39 is 10.0 Å². The van der Waals surface area contributed by atoms with Gasteiger partial charge in [0, 0.05) is 39.3 Å². The monoisotopic (exact) mass is 377 g/mol. The van der Waals surface area contributed by atoms with Crippen LogP contribution in [-0.4, -0.2) is 66.0 Å².